The summed E-state index contributed by atoms with van der Waals surface area (Å²) in [7, 11) is -3.12. The van der Waals surface area contributed by atoms with Gasteiger partial charge in [-0.15, -0.1) is 0 Å². The standard InChI is InChI=1S/C12H29N3O2S/c1-5-15(6-2)10-7-8-14-18(16,17)11-9-13-12(3)4/h12-14H,5-11H2,1-4H3. The van der Waals surface area contributed by atoms with Crippen molar-refractivity contribution >= 4 is 10.0 Å². The van der Waals surface area contributed by atoms with Gasteiger partial charge in [0.15, 0.2) is 0 Å². The fourth-order valence-corrected chi connectivity index (χ4v) is 2.61. The van der Waals surface area contributed by atoms with Crippen LogP contribution in [0.1, 0.15) is 34.1 Å². The van der Waals surface area contributed by atoms with Crippen molar-refractivity contribution in [2.75, 3.05) is 38.5 Å². The summed E-state index contributed by atoms with van der Waals surface area (Å²) in [5.74, 6) is 0.149. The second-order valence-corrected chi connectivity index (χ2v) is 6.63. The summed E-state index contributed by atoms with van der Waals surface area (Å²) >= 11 is 0. The van der Waals surface area contributed by atoms with Crippen molar-refractivity contribution < 1.29 is 8.42 Å². The summed E-state index contributed by atoms with van der Waals surface area (Å²) in [5, 5.41) is 3.10. The molecule has 0 aromatic heterocycles. The molecule has 0 aromatic rings. The van der Waals surface area contributed by atoms with Gasteiger partial charge in [-0.05, 0) is 26.1 Å². The predicted molar refractivity (Wildman–Crippen MR) is 77.3 cm³/mol. The third kappa shape index (κ3) is 9.82. The molecule has 0 atom stereocenters. The molecule has 0 radical (unpaired) electrons. The molecule has 6 heteroatoms. The molecule has 0 rings (SSSR count). The highest BCUT2D eigenvalue weighted by Crippen LogP contribution is 1.91. The van der Waals surface area contributed by atoms with Crippen LogP contribution in [0.2, 0.25) is 0 Å². The van der Waals surface area contributed by atoms with Crippen molar-refractivity contribution in [3.05, 3.63) is 0 Å². The Kier molecular flexibility index (Phi) is 9.63. The van der Waals surface area contributed by atoms with Gasteiger partial charge >= 0.3 is 0 Å². The van der Waals surface area contributed by atoms with Crippen LogP contribution in [-0.2, 0) is 10.0 Å². The van der Waals surface area contributed by atoms with E-state index in [1.165, 1.54) is 0 Å². The zero-order valence-corrected chi connectivity index (χ0v) is 13.0. The molecule has 0 unspecified atom stereocenters. The molecule has 0 aromatic carbocycles. The number of hydrogen-bond donors (Lipinski definition) is 2. The molecule has 18 heavy (non-hydrogen) atoms. The zero-order valence-electron chi connectivity index (χ0n) is 12.2. The molecule has 0 aliphatic heterocycles. The van der Waals surface area contributed by atoms with E-state index >= 15 is 0 Å². The molecule has 110 valence electrons. The molecule has 0 aliphatic carbocycles. The molecule has 2 N–H and O–H groups in total. The maximum atomic E-state index is 11.6. The maximum absolute atomic E-state index is 11.6. The minimum Gasteiger partial charge on any atom is -0.313 e. The molecule has 0 amide bonds. The number of sulfonamides is 1. The van der Waals surface area contributed by atoms with Crippen LogP contribution in [0.15, 0.2) is 0 Å². The first kappa shape index (κ1) is 17.8. The number of nitrogens with one attached hydrogen (secondary N) is 2. The Morgan fingerprint density at radius 3 is 2.22 bits per heavy atom. The average molecular weight is 279 g/mol. The molecule has 0 spiro atoms. The Morgan fingerprint density at radius 2 is 1.72 bits per heavy atom. The van der Waals surface area contributed by atoms with Crippen molar-refractivity contribution in [3.8, 4) is 0 Å². The Hall–Kier alpha value is -0.170. The van der Waals surface area contributed by atoms with Crippen molar-refractivity contribution in [2.45, 2.75) is 40.2 Å². The molecule has 0 fully saturated rings. The SMILES string of the molecule is CCN(CC)CCCNS(=O)(=O)CCNC(C)C. The van der Waals surface area contributed by atoms with Gasteiger partial charge in [-0.2, -0.15) is 0 Å². The number of nitrogens with zero attached hydrogens (tertiary/aromatic N) is 1. The minimum absolute atomic E-state index is 0.149. The van der Waals surface area contributed by atoms with Crippen molar-refractivity contribution in [1.82, 2.24) is 14.9 Å². The second-order valence-electron chi connectivity index (χ2n) is 4.70. The van der Waals surface area contributed by atoms with E-state index in [0.29, 0.717) is 19.1 Å². The molecule has 0 saturated carbocycles. The number of rotatable bonds is 11. The molecule has 0 saturated heterocycles. The molecule has 5 nitrogen and oxygen atoms in total. The van der Waals surface area contributed by atoms with Crippen LogP contribution in [0.4, 0.5) is 0 Å². The lowest BCUT2D eigenvalue weighted by Gasteiger charge is -2.17. The van der Waals surface area contributed by atoms with Crippen molar-refractivity contribution in [3.63, 3.8) is 0 Å². The van der Waals surface area contributed by atoms with E-state index in [0.717, 1.165) is 26.1 Å². The van der Waals surface area contributed by atoms with Gasteiger partial charge in [0.25, 0.3) is 0 Å². The van der Waals surface area contributed by atoms with Gasteiger partial charge in [0, 0.05) is 19.1 Å². The van der Waals surface area contributed by atoms with Crippen LogP contribution in [0.25, 0.3) is 0 Å². The highest BCUT2D eigenvalue weighted by atomic mass is 32.2. The fraction of sp³-hybridized carbons (Fsp3) is 1.00. The molecule has 0 heterocycles. The first-order valence-electron chi connectivity index (χ1n) is 6.84. The zero-order chi connectivity index (χ0) is 14.0. The summed E-state index contributed by atoms with van der Waals surface area (Å²) in [4.78, 5) is 2.29. The largest absolute Gasteiger partial charge is 0.313 e. The monoisotopic (exact) mass is 279 g/mol. The van der Waals surface area contributed by atoms with Crippen LogP contribution in [0, 0.1) is 0 Å². The topological polar surface area (TPSA) is 61.4 Å². The van der Waals surface area contributed by atoms with Gasteiger partial charge in [-0.3, -0.25) is 0 Å². The third-order valence-electron chi connectivity index (χ3n) is 2.79. The summed E-state index contributed by atoms with van der Waals surface area (Å²) in [5.41, 5.74) is 0. The quantitative estimate of drug-likeness (QED) is 0.545. The highest BCUT2D eigenvalue weighted by Gasteiger charge is 2.09. The van der Waals surface area contributed by atoms with Gasteiger partial charge in [0.05, 0.1) is 5.75 Å². The Morgan fingerprint density at radius 1 is 1.11 bits per heavy atom. The highest BCUT2D eigenvalue weighted by molar-refractivity contribution is 7.89. The fourth-order valence-electron chi connectivity index (χ4n) is 1.62. The van der Waals surface area contributed by atoms with E-state index in [-0.39, 0.29) is 5.75 Å². The Balaban J connectivity index is 3.70. The molecular weight excluding hydrogens is 250 g/mol. The summed E-state index contributed by atoms with van der Waals surface area (Å²) in [6, 6.07) is 0.322. The molecule has 0 bridgehead atoms. The maximum Gasteiger partial charge on any atom is 0.212 e. The third-order valence-corrected chi connectivity index (χ3v) is 4.18. The van der Waals surface area contributed by atoms with Crippen LogP contribution < -0.4 is 10.0 Å². The van der Waals surface area contributed by atoms with Crippen molar-refractivity contribution in [1.29, 1.82) is 0 Å². The Bertz CT molecular complexity index is 288. The van der Waals surface area contributed by atoms with E-state index in [1.807, 2.05) is 13.8 Å². The van der Waals surface area contributed by atoms with Gasteiger partial charge in [-0.1, -0.05) is 27.7 Å². The predicted octanol–water partition coefficient (Wildman–Crippen LogP) is 0.636. The van der Waals surface area contributed by atoms with Gasteiger partial charge < -0.3 is 10.2 Å². The van der Waals surface area contributed by atoms with Gasteiger partial charge in [0.2, 0.25) is 10.0 Å². The first-order chi connectivity index (χ1) is 8.41. The van der Waals surface area contributed by atoms with Crippen LogP contribution in [0.3, 0.4) is 0 Å². The van der Waals surface area contributed by atoms with E-state index < -0.39 is 10.0 Å². The normalized spacial score (nSPS) is 12.6. The number of hydrogen-bond acceptors (Lipinski definition) is 4. The van der Waals surface area contributed by atoms with Crippen molar-refractivity contribution in [2.24, 2.45) is 0 Å². The second kappa shape index (κ2) is 9.72. The average Bonchev–Trinajstić information content (AvgIpc) is 2.28. The molecule has 0 aliphatic rings. The van der Waals surface area contributed by atoms with Crippen LogP contribution in [-0.4, -0.2) is 57.8 Å². The van der Waals surface area contributed by atoms with E-state index in [1.54, 1.807) is 0 Å². The van der Waals surface area contributed by atoms with E-state index in [9.17, 15) is 8.42 Å². The lowest BCUT2D eigenvalue weighted by Crippen LogP contribution is -2.35. The van der Waals surface area contributed by atoms with Crippen LogP contribution in [0.5, 0.6) is 0 Å². The van der Waals surface area contributed by atoms with Gasteiger partial charge in [0.1, 0.15) is 0 Å². The minimum atomic E-state index is -3.12. The Labute approximate surface area is 112 Å². The lowest BCUT2D eigenvalue weighted by atomic mass is 10.4. The summed E-state index contributed by atoms with van der Waals surface area (Å²) < 4.78 is 25.9. The smallest absolute Gasteiger partial charge is 0.212 e. The summed E-state index contributed by atoms with van der Waals surface area (Å²) in [6.07, 6.45) is 0.860. The first-order valence-corrected chi connectivity index (χ1v) is 8.49. The lowest BCUT2D eigenvalue weighted by molar-refractivity contribution is 0.300. The van der Waals surface area contributed by atoms with E-state index in [2.05, 4.69) is 28.8 Å². The summed E-state index contributed by atoms with van der Waals surface area (Å²) in [6.45, 7) is 12.2. The van der Waals surface area contributed by atoms with Gasteiger partial charge in [-0.25, -0.2) is 13.1 Å². The van der Waals surface area contributed by atoms with E-state index in [4.69, 9.17) is 0 Å². The van der Waals surface area contributed by atoms with Crippen LogP contribution >= 0.6 is 0 Å². The molecular formula is C12H29N3O2S.